The van der Waals surface area contributed by atoms with E-state index < -0.39 is 0 Å². The first-order valence-electron chi connectivity index (χ1n) is 11.8. The molecule has 35 heavy (non-hydrogen) atoms. The molecule has 5 rings (SSSR count). The van der Waals surface area contributed by atoms with E-state index in [9.17, 15) is 9.59 Å². The molecule has 0 saturated heterocycles. The van der Waals surface area contributed by atoms with Gasteiger partial charge >= 0.3 is 0 Å². The molecule has 6 nitrogen and oxygen atoms in total. The van der Waals surface area contributed by atoms with E-state index in [0.29, 0.717) is 18.7 Å². The van der Waals surface area contributed by atoms with Gasteiger partial charge in [-0.15, -0.1) is 0 Å². The van der Waals surface area contributed by atoms with E-state index in [1.165, 1.54) is 5.56 Å². The molecule has 1 N–H and O–H groups in total. The molecule has 2 heterocycles. The molecular weight excluding hydrogens is 438 g/mol. The first-order chi connectivity index (χ1) is 17.0. The molecule has 0 fully saturated rings. The standard InChI is InChI=1S/C29H29N3O3/c1-19-12-14-20(15-13-19)27-26(23-10-6-7-11-24(23)31(27)2)28-21-8-4-5-9-22(21)29(34)32(28)18-25(33)30-16-17-35-3/h4-15,28H,16-18H2,1-3H3,(H,30,33)/t28-/m1/s1. The molecule has 0 unspecified atom stereocenters. The van der Waals surface area contributed by atoms with Gasteiger partial charge in [0, 0.05) is 42.7 Å². The van der Waals surface area contributed by atoms with Crippen molar-refractivity contribution in [3.8, 4) is 11.3 Å². The van der Waals surface area contributed by atoms with Gasteiger partial charge in [0.2, 0.25) is 5.91 Å². The van der Waals surface area contributed by atoms with Crippen molar-refractivity contribution in [1.82, 2.24) is 14.8 Å². The molecule has 2 amide bonds. The Hall–Kier alpha value is -3.90. The minimum absolute atomic E-state index is 0.0293. The summed E-state index contributed by atoms with van der Waals surface area (Å²) in [5.74, 6) is -0.333. The second-order valence-corrected chi connectivity index (χ2v) is 8.97. The Morgan fingerprint density at radius 1 is 1.00 bits per heavy atom. The second kappa shape index (κ2) is 9.39. The third-order valence-electron chi connectivity index (χ3n) is 6.75. The van der Waals surface area contributed by atoms with Gasteiger partial charge in [-0.05, 0) is 30.2 Å². The van der Waals surface area contributed by atoms with Gasteiger partial charge in [0.1, 0.15) is 6.54 Å². The molecule has 0 bridgehead atoms. The molecule has 3 aromatic carbocycles. The summed E-state index contributed by atoms with van der Waals surface area (Å²) in [5.41, 5.74) is 6.99. The largest absolute Gasteiger partial charge is 0.383 e. The molecule has 1 aliphatic rings. The summed E-state index contributed by atoms with van der Waals surface area (Å²) in [6.45, 7) is 2.86. The Bertz CT molecular complexity index is 1400. The molecule has 4 aromatic rings. The van der Waals surface area contributed by atoms with Crippen LogP contribution in [-0.2, 0) is 16.6 Å². The van der Waals surface area contributed by atoms with Gasteiger partial charge in [-0.3, -0.25) is 9.59 Å². The number of fused-ring (bicyclic) bond motifs is 2. The third-order valence-corrected chi connectivity index (χ3v) is 6.75. The number of hydrogen-bond donors (Lipinski definition) is 1. The molecule has 0 saturated carbocycles. The molecule has 0 spiro atoms. The monoisotopic (exact) mass is 467 g/mol. The number of carbonyl (C=O) groups is 2. The van der Waals surface area contributed by atoms with Gasteiger partial charge in [0.05, 0.1) is 18.3 Å². The number of rotatable bonds is 7. The molecular formula is C29H29N3O3. The lowest BCUT2D eigenvalue weighted by atomic mass is 9.93. The van der Waals surface area contributed by atoms with Crippen LogP contribution in [-0.4, -0.2) is 48.1 Å². The number of aryl methyl sites for hydroxylation is 2. The van der Waals surface area contributed by atoms with Crippen molar-refractivity contribution in [2.24, 2.45) is 7.05 Å². The van der Waals surface area contributed by atoms with E-state index >= 15 is 0 Å². The Morgan fingerprint density at radius 2 is 1.71 bits per heavy atom. The highest BCUT2D eigenvalue weighted by atomic mass is 16.5. The number of aromatic nitrogens is 1. The molecule has 178 valence electrons. The van der Waals surface area contributed by atoms with Crippen LogP contribution in [0.15, 0.2) is 72.8 Å². The maximum atomic E-state index is 13.6. The lowest BCUT2D eigenvalue weighted by Crippen LogP contribution is -2.40. The number of hydrogen-bond acceptors (Lipinski definition) is 3. The lowest BCUT2D eigenvalue weighted by Gasteiger charge is -2.26. The fourth-order valence-corrected chi connectivity index (χ4v) is 5.11. The van der Waals surface area contributed by atoms with Gasteiger partial charge in [-0.1, -0.05) is 66.2 Å². The number of ether oxygens (including phenoxy) is 1. The zero-order chi connectivity index (χ0) is 24.5. The van der Waals surface area contributed by atoms with Crippen molar-refractivity contribution in [2.75, 3.05) is 26.8 Å². The van der Waals surface area contributed by atoms with E-state index in [-0.39, 0.29) is 24.4 Å². The second-order valence-electron chi connectivity index (χ2n) is 8.97. The van der Waals surface area contributed by atoms with Crippen molar-refractivity contribution < 1.29 is 14.3 Å². The third kappa shape index (κ3) is 4.00. The number of para-hydroxylation sites is 1. The maximum Gasteiger partial charge on any atom is 0.255 e. The van der Waals surface area contributed by atoms with Gasteiger partial charge in [-0.2, -0.15) is 0 Å². The summed E-state index contributed by atoms with van der Waals surface area (Å²) in [5, 5.41) is 3.94. The van der Waals surface area contributed by atoms with Crippen LogP contribution in [0, 0.1) is 6.92 Å². The van der Waals surface area contributed by atoms with Gasteiger partial charge in [-0.25, -0.2) is 0 Å². The van der Waals surface area contributed by atoms with E-state index in [1.54, 1.807) is 12.0 Å². The van der Waals surface area contributed by atoms with Crippen molar-refractivity contribution in [3.05, 3.63) is 95.1 Å². The number of nitrogens with zero attached hydrogens (tertiary/aromatic N) is 2. The quantitative estimate of drug-likeness (QED) is 0.408. The van der Waals surface area contributed by atoms with Crippen LogP contribution in [0.2, 0.25) is 0 Å². The number of nitrogens with one attached hydrogen (secondary N) is 1. The number of carbonyl (C=O) groups excluding carboxylic acids is 2. The molecule has 0 radical (unpaired) electrons. The lowest BCUT2D eigenvalue weighted by molar-refractivity contribution is -0.122. The van der Waals surface area contributed by atoms with Crippen LogP contribution in [0.3, 0.4) is 0 Å². The zero-order valence-electron chi connectivity index (χ0n) is 20.2. The summed E-state index contributed by atoms with van der Waals surface area (Å²) in [4.78, 5) is 28.1. The Kier molecular flexibility index (Phi) is 6.14. The smallest absolute Gasteiger partial charge is 0.255 e. The first kappa shape index (κ1) is 22.9. The zero-order valence-corrected chi connectivity index (χ0v) is 20.2. The summed E-state index contributed by atoms with van der Waals surface area (Å²) in [7, 11) is 3.65. The topological polar surface area (TPSA) is 63.6 Å². The van der Waals surface area contributed by atoms with Crippen LogP contribution in [0.4, 0.5) is 0 Å². The SMILES string of the molecule is COCCNC(=O)CN1C(=O)c2ccccc2[C@@H]1c1c(-c2ccc(C)cc2)n(C)c2ccccc12. The van der Waals surface area contributed by atoms with E-state index in [0.717, 1.165) is 33.3 Å². The molecule has 1 atom stereocenters. The Morgan fingerprint density at radius 3 is 2.49 bits per heavy atom. The Balaban J connectivity index is 1.70. The normalized spacial score (nSPS) is 15.0. The number of amides is 2. The minimum Gasteiger partial charge on any atom is -0.383 e. The summed E-state index contributed by atoms with van der Waals surface area (Å²) < 4.78 is 7.24. The van der Waals surface area contributed by atoms with E-state index in [1.807, 2.05) is 36.4 Å². The van der Waals surface area contributed by atoms with Crippen LogP contribution < -0.4 is 5.32 Å². The van der Waals surface area contributed by atoms with Crippen LogP contribution in [0.1, 0.15) is 33.1 Å². The Labute approximate surface area is 205 Å². The average Bonchev–Trinajstić information content (AvgIpc) is 3.31. The first-order valence-corrected chi connectivity index (χ1v) is 11.8. The molecule has 1 aliphatic heterocycles. The van der Waals surface area contributed by atoms with Crippen LogP contribution >= 0.6 is 0 Å². The highest BCUT2D eigenvalue weighted by Gasteiger charge is 2.41. The summed E-state index contributed by atoms with van der Waals surface area (Å²) in [6, 6.07) is 24.0. The fraction of sp³-hybridized carbons (Fsp3) is 0.241. The molecule has 1 aromatic heterocycles. The van der Waals surface area contributed by atoms with Gasteiger partial charge in [0.15, 0.2) is 0 Å². The van der Waals surface area contributed by atoms with Gasteiger partial charge in [0.25, 0.3) is 5.91 Å². The van der Waals surface area contributed by atoms with Gasteiger partial charge < -0.3 is 19.5 Å². The summed E-state index contributed by atoms with van der Waals surface area (Å²) >= 11 is 0. The van der Waals surface area contributed by atoms with Crippen LogP contribution in [0.5, 0.6) is 0 Å². The molecule has 6 heteroatoms. The predicted molar refractivity (Wildman–Crippen MR) is 137 cm³/mol. The highest BCUT2D eigenvalue weighted by Crippen LogP contribution is 2.46. The average molecular weight is 468 g/mol. The van der Waals surface area contributed by atoms with Crippen molar-refractivity contribution in [1.29, 1.82) is 0 Å². The minimum atomic E-state index is -0.380. The van der Waals surface area contributed by atoms with Crippen molar-refractivity contribution in [2.45, 2.75) is 13.0 Å². The maximum absolute atomic E-state index is 13.6. The summed E-state index contributed by atoms with van der Waals surface area (Å²) in [6.07, 6.45) is 0. The number of methoxy groups -OCH3 is 1. The van der Waals surface area contributed by atoms with E-state index in [4.69, 9.17) is 4.74 Å². The predicted octanol–water partition coefficient (Wildman–Crippen LogP) is 4.46. The van der Waals surface area contributed by atoms with Crippen molar-refractivity contribution in [3.63, 3.8) is 0 Å². The van der Waals surface area contributed by atoms with Crippen LogP contribution in [0.25, 0.3) is 22.2 Å². The molecule has 0 aliphatic carbocycles. The van der Waals surface area contributed by atoms with E-state index in [2.05, 4.69) is 60.3 Å². The fourth-order valence-electron chi connectivity index (χ4n) is 5.11. The highest BCUT2D eigenvalue weighted by molar-refractivity contribution is 6.03. The number of benzene rings is 3. The van der Waals surface area contributed by atoms with Crippen molar-refractivity contribution >= 4 is 22.7 Å².